The third-order valence-corrected chi connectivity index (χ3v) is 5.23. The van der Waals surface area contributed by atoms with Gasteiger partial charge in [-0.15, -0.1) is 0 Å². The fourth-order valence-corrected chi connectivity index (χ4v) is 4.23. The quantitative estimate of drug-likeness (QED) is 0.764. The van der Waals surface area contributed by atoms with Crippen LogP contribution in [0.1, 0.15) is 52.9 Å². The molecule has 17 heavy (non-hydrogen) atoms. The van der Waals surface area contributed by atoms with Crippen LogP contribution < -0.4 is 0 Å². The summed E-state index contributed by atoms with van der Waals surface area (Å²) in [6.45, 7) is 6.46. The lowest BCUT2D eigenvalue weighted by molar-refractivity contribution is -0.163. The monoisotopic (exact) mass is 238 g/mol. The second-order valence-corrected chi connectivity index (χ2v) is 6.74. The Balaban J connectivity index is 2.40. The Morgan fingerprint density at radius 3 is 2.47 bits per heavy atom. The van der Waals surface area contributed by atoms with Gasteiger partial charge in [-0.1, -0.05) is 27.2 Å². The molecular weight excluding hydrogens is 216 g/mol. The zero-order valence-corrected chi connectivity index (χ0v) is 11.0. The minimum absolute atomic E-state index is 0.0940. The summed E-state index contributed by atoms with van der Waals surface area (Å²) in [5.41, 5.74) is -0.0989. The summed E-state index contributed by atoms with van der Waals surface area (Å²) < 4.78 is 0. The van der Waals surface area contributed by atoms with Gasteiger partial charge in [0.05, 0.1) is 5.92 Å². The highest BCUT2D eigenvalue weighted by molar-refractivity contribution is 5.86. The molecule has 0 radical (unpaired) electrons. The molecular formula is C14H22O3. The maximum Gasteiger partial charge on any atom is 0.307 e. The van der Waals surface area contributed by atoms with Gasteiger partial charge in [0.2, 0.25) is 0 Å². The number of carbonyl (C=O) groups excluding carboxylic acids is 1. The number of rotatable bonds is 1. The fraction of sp³-hybridized carbons (Fsp3) is 0.857. The predicted octanol–water partition coefficient (Wildman–Crippen LogP) is 2.88. The van der Waals surface area contributed by atoms with Crippen LogP contribution in [0.2, 0.25) is 0 Å². The van der Waals surface area contributed by atoms with Crippen LogP contribution in [0.4, 0.5) is 0 Å². The highest BCUT2D eigenvalue weighted by atomic mass is 16.4. The normalized spacial score (nSPS) is 40.8. The van der Waals surface area contributed by atoms with Crippen LogP contribution in [0.5, 0.6) is 0 Å². The first-order valence-corrected chi connectivity index (χ1v) is 6.52. The molecule has 0 amide bonds. The van der Waals surface area contributed by atoms with Gasteiger partial charge in [0, 0.05) is 12.8 Å². The standard InChI is InChI=1S/C14H22O3/c1-13(2)5-4-6-14(3)10(12(16)17)7-9(15)8-11(13)14/h10-11H,4-8H2,1-3H3,(H,16,17)/t10-,11-,14-/m1/s1. The smallest absolute Gasteiger partial charge is 0.307 e. The molecule has 2 aliphatic carbocycles. The van der Waals surface area contributed by atoms with Crippen molar-refractivity contribution in [2.45, 2.75) is 52.9 Å². The lowest BCUT2D eigenvalue weighted by atomic mass is 9.48. The summed E-state index contributed by atoms with van der Waals surface area (Å²) in [5, 5.41) is 9.38. The minimum atomic E-state index is -0.789. The third-order valence-electron chi connectivity index (χ3n) is 5.23. The molecule has 2 saturated carbocycles. The van der Waals surface area contributed by atoms with E-state index >= 15 is 0 Å². The molecule has 1 N–H and O–H groups in total. The molecule has 0 unspecified atom stereocenters. The van der Waals surface area contributed by atoms with Gasteiger partial charge in [-0.3, -0.25) is 9.59 Å². The maximum absolute atomic E-state index is 11.8. The highest BCUT2D eigenvalue weighted by Gasteiger charge is 2.56. The van der Waals surface area contributed by atoms with E-state index in [9.17, 15) is 14.7 Å². The number of carbonyl (C=O) groups is 2. The van der Waals surface area contributed by atoms with Crippen LogP contribution in [0.15, 0.2) is 0 Å². The summed E-state index contributed by atoms with van der Waals surface area (Å²) >= 11 is 0. The molecule has 0 aromatic heterocycles. The second kappa shape index (κ2) is 3.82. The van der Waals surface area contributed by atoms with E-state index in [-0.39, 0.29) is 29.0 Å². The van der Waals surface area contributed by atoms with Crippen LogP contribution in [-0.4, -0.2) is 16.9 Å². The molecule has 0 heterocycles. The lowest BCUT2D eigenvalue weighted by Gasteiger charge is -2.55. The SMILES string of the molecule is CC1(C)CCC[C@]2(C)[C@@H](C(=O)O)CC(=O)C[C@H]12. The number of aliphatic carboxylic acids is 1. The van der Waals surface area contributed by atoms with E-state index in [2.05, 4.69) is 20.8 Å². The van der Waals surface area contributed by atoms with Crippen LogP contribution in [0.25, 0.3) is 0 Å². The van der Waals surface area contributed by atoms with E-state index in [1.165, 1.54) is 0 Å². The molecule has 2 fully saturated rings. The summed E-state index contributed by atoms with van der Waals surface area (Å²) in [5.74, 6) is -0.905. The van der Waals surface area contributed by atoms with Crippen molar-refractivity contribution in [3.05, 3.63) is 0 Å². The van der Waals surface area contributed by atoms with E-state index in [1.807, 2.05) is 0 Å². The van der Waals surface area contributed by atoms with Gasteiger partial charge >= 0.3 is 5.97 Å². The van der Waals surface area contributed by atoms with Gasteiger partial charge in [-0.25, -0.2) is 0 Å². The average molecular weight is 238 g/mol. The Bertz CT molecular complexity index is 358. The van der Waals surface area contributed by atoms with Gasteiger partial charge < -0.3 is 5.11 Å². The van der Waals surface area contributed by atoms with Crippen molar-refractivity contribution in [1.29, 1.82) is 0 Å². The Morgan fingerprint density at radius 2 is 1.88 bits per heavy atom. The topological polar surface area (TPSA) is 54.4 Å². The van der Waals surface area contributed by atoms with Crippen LogP contribution in [0, 0.1) is 22.7 Å². The predicted molar refractivity (Wildman–Crippen MR) is 64.6 cm³/mol. The molecule has 2 aliphatic rings. The summed E-state index contributed by atoms with van der Waals surface area (Å²) in [4.78, 5) is 23.2. The zero-order chi connectivity index (χ0) is 12.8. The number of hydrogen-bond donors (Lipinski definition) is 1. The van der Waals surface area contributed by atoms with Crippen molar-refractivity contribution < 1.29 is 14.7 Å². The van der Waals surface area contributed by atoms with Crippen molar-refractivity contribution in [2.24, 2.45) is 22.7 Å². The summed E-state index contributed by atoms with van der Waals surface area (Å²) in [6.07, 6.45) is 3.95. The lowest BCUT2D eigenvalue weighted by Crippen LogP contribution is -2.53. The highest BCUT2D eigenvalue weighted by Crippen LogP contribution is 2.59. The first kappa shape index (κ1) is 12.6. The van der Waals surface area contributed by atoms with Crippen molar-refractivity contribution in [1.82, 2.24) is 0 Å². The average Bonchev–Trinajstić information content (AvgIpc) is 2.19. The second-order valence-electron chi connectivity index (χ2n) is 6.74. The van der Waals surface area contributed by atoms with Gasteiger partial charge in [-0.2, -0.15) is 0 Å². The van der Waals surface area contributed by atoms with E-state index in [1.54, 1.807) is 0 Å². The van der Waals surface area contributed by atoms with E-state index in [0.717, 1.165) is 19.3 Å². The van der Waals surface area contributed by atoms with Gasteiger partial charge in [0.1, 0.15) is 5.78 Å². The molecule has 0 spiro atoms. The Kier molecular flexibility index (Phi) is 2.83. The van der Waals surface area contributed by atoms with Crippen molar-refractivity contribution in [3.8, 4) is 0 Å². The van der Waals surface area contributed by atoms with Crippen LogP contribution in [0.3, 0.4) is 0 Å². The van der Waals surface area contributed by atoms with Crippen molar-refractivity contribution in [3.63, 3.8) is 0 Å². The van der Waals surface area contributed by atoms with Crippen molar-refractivity contribution >= 4 is 11.8 Å². The molecule has 0 aromatic carbocycles. The number of hydrogen-bond acceptors (Lipinski definition) is 2. The fourth-order valence-electron chi connectivity index (χ4n) is 4.23. The molecule has 0 aromatic rings. The molecule has 2 rings (SSSR count). The van der Waals surface area contributed by atoms with Crippen molar-refractivity contribution in [2.75, 3.05) is 0 Å². The van der Waals surface area contributed by atoms with Gasteiger partial charge in [0.25, 0.3) is 0 Å². The summed E-state index contributed by atoms with van der Waals surface area (Å²) in [6, 6.07) is 0. The molecule has 0 aliphatic heterocycles. The zero-order valence-electron chi connectivity index (χ0n) is 11.0. The maximum atomic E-state index is 11.8. The molecule has 96 valence electrons. The number of Topliss-reactive ketones (excluding diaryl/α,β-unsaturated/α-hetero) is 1. The Hall–Kier alpha value is -0.860. The number of carboxylic acids is 1. The van der Waals surface area contributed by atoms with Gasteiger partial charge in [-0.05, 0) is 29.6 Å². The number of fused-ring (bicyclic) bond motifs is 1. The minimum Gasteiger partial charge on any atom is -0.481 e. The molecule has 3 heteroatoms. The molecule has 0 bridgehead atoms. The largest absolute Gasteiger partial charge is 0.481 e. The first-order chi connectivity index (χ1) is 7.77. The van der Waals surface area contributed by atoms with Crippen LogP contribution in [-0.2, 0) is 9.59 Å². The first-order valence-electron chi connectivity index (χ1n) is 6.52. The molecule has 0 saturated heterocycles. The van der Waals surface area contributed by atoms with E-state index in [0.29, 0.717) is 6.42 Å². The van der Waals surface area contributed by atoms with E-state index in [4.69, 9.17) is 0 Å². The van der Waals surface area contributed by atoms with E-state index < -0.39 is 11.9 Å². The summed E-state index contributed by atoms with van der Waals surface area (Å²) in [7, 11) is 0. The molecule has 3 atom stereocenters. The third kappa shape index (κ3) is 1.90. The number of carboxylic acid groups (broad SMARTS) is 1. The number of ketones is 1. The van der Waals surface area contributed by atoms with Crippen LogP contribution >= 0.6 is 0 Å². The molecule has 3 nitrogen and oxygen atoms in total. The Morgan fingerprint density at radius 1 is 1.24 bits per heavy atom. The van der Waals surface area contributed by atoms with Gasteiger partial charge in [0.15, 0.2) is 0 Å². The Labute approximate surface area is 103 Å².